The Morgan fingerprint density at radius 3 is 2.46 bits per heavy atom. The molecule has 5 nitrogen and oxygen atoms in total. The van der Waals surface area contributed by atoms with Crippen molar-refractivity contribution in [1.82, 2.24) is 14.7 Å². The van der Waals surface area contributed by atoms with E-state index in [-0.39, 0.29) is 18.5 Å². The molecule has 74 valence electrons. The maximum absolute atomic E-state index is 11.4. The molecular formula is C8H15N3O2. The van der Waals surface area contributed by atoms with Crippen LogP contribution in [0.3, 0.4) is 0 Å². The Balaban J connectivity index is 2.55. The molecule has 1 aliphatic heterocycles. The lowest BCUT2D eigenvalue weighted by molar-refractivity contribution is -0.133. The van der Waals surface area contributed by atoms with Gasteiger partial charge < -0.3 is 14.7 Å². The highest BCUT2D eigenvalue weighted by atomic mass is 16.2. The van der Waals surface area contributed by atoms with Gasteiger partial charge in [-0.25, -0.2) is 4.79 Å². The number of carbonyl (C=O) groups is 2. The smallest absolute Gasteiger partial charge is 0.320 e. The maximum atomic E-state index is 11.4. The predicted octanol–water partition coefficient (Wildman–Crippen LogP) is -0.558. The molecule has 0 spiro atoms. The van der Waals surface area contributed by atoms with E-state index in [0.29, 0.717) is 13.1 Å². The highest BCUT2D eigenvalue weighted by Gasteiger charge is 2.25. The molecule has 5 heteroatoms. The topological polar surface area (TPSA) is 43.9 Å². The summed E-state index contributed by atoms with van der Waals surface area (Å²) in [6.45, 7) is 1.45. The molecule has 1 saturated heterocycles. The summed E-state index contributed by atoms with van der Waals surface area (Å²) in [6.07, 6.45) is 0. The van der Waals surface area contributed by atoms with Gasteiger partial charge in [0.2, 0.25) is 5.91 Å². The van der Waals surface area contributed by atoms with Crippen molar-refractivity contribution >= 4 is 11.9 Å². The zero-order valence-corrected chi connectivity index (χ0v) is 8.28. The van der Waals surface area contributed by atoms with E-state index in [1.807, 2.05) is 0 Å². The molecule has 0 atom stereocenters. The van der Waals surface area contributed by atoms with Gasteiger partial charge in [-0.3, -0.25) is 4.79 Å². The van der Waals surface area contributed by atoms with Crippen LogP contribution in [-0.4, -0.2) is 67.4 Å². The first-order chi connectivity index (χ1) is 6.02. The summed E-state index contributed by atoms with van der Waals surface area (Å²) in [4.78, 5) is 27.4. The number of carbonyl (C=O) groups excluding carboxylic acids is 2. The Kier molecular flexibility index (Phi) is 2.75. The van der Waals surface area contributed by atoms with E-state index in [1.165, 1.54) is 4.90 Å². The second-order valence-corrected chi connectivity index (χ2v) is 3.41. The summed E-state index contributed by atoms with van der Waals surface area (Å²) >= 11 is 0. The normalized spacial score (nSPS) is 17.6. The van der Waals surface area contributed by atoms with Crippen LogP contribution < -0.4 is 0 Å². The first-order valence-corrected chi connectivity index (χ1v) is 4.22. The van der Waals surface area contributed by atoms with Crippen LogP contribution in [0, 0.1) is 0 Å². The van der Waals surface area contributed by atoms with Crippen LogP contribution >= 0.6 is 0 Å². The Hall–Kier alpha value is -1.26. The second kappa shape index (κ2) is 3.64. The van der Waals surface area contributed by atoms with E-state index in [4.69, 9.17) is 0 Å². The van der Waals surface area contributed by atoms with Crippen LogP contribution in [-0.2, 0) is 4.79 Å². The van der Waals surface area contributed by atoms with Crippen molar-refractivity contribution < 1.29 is 9.59 Å². The molecule has 0 aromatic heterocycles. The molecule has 1 heterocycles. The lowest BCUT2D eigenvalue weighted by Gasteiger charge is -2.33. The largest absolute Gasteiger partial charge is 0.342 e. The number of piperazine rings is 1. The molecule has 0 saturated carbocycles. The zero-order chi connectivity index (χ0) is 10.0. The predicted molar refractivity (Wildman–Crippen MR) is 48.3 cm³/mol. The monoisotopic (exact) mass is 185 g/mol. The van der Waals surface area contributed by atoms with Gasteiger partial charge >= 0.3 is 6.03 Å². The lowest BCUT2D eigenvalue weighted by atomic mass is 10.3. The number of rotatable bonds is 0. The van der Waals surface area contributed by atoms with Gasteiger partial charge in [0.15, 0.2) is 0 Å². The summed E-state index contributed by atoms with van der Waals surface area (Å²) in [5, 5.41) is 0. The van der Waals surface area contributed by atoms with Crippen LogP contribution in [0.25, 0.3) is 0 Å². The third-order valence-corrected chi connectivity index (χ3v) is 2.11. The fourth-order valence-electron chi connectivity index (χ4n) is 1.20. The molecule has 1 fully saturated rings. The van der Waals surface area contributed by atoms with Crippen molar-refractivity contribution in [2.75, 3.05) is 40.8 Å². The Bertz CT molecular complexity index is 227. The Morgan fingerprint density at radius 1 is 1.38 bits per heavy atom. The maximum Gasteiger partial charge on any atom is 0.320 e. The van der Waals surface area contributed by atoms with E-state index in [0.717, 1.165) is 0 Å². The minimum atomic E-state index is -0.0959. The molecule has 13 heavy (non-hydrogen) atoms. The van der Waals surface area contributed by atoms with Gasteiger partial charge in [0.1, 0.15) is 6.54 Å². The average molecular weight is 185 g/mol. The summed E-state index contributed by atoms with van der Waals surface area (Å²) in [5.74, 6) is 0.00134. The van der Waals surface area contributed by atoms with Crippen molar-refractivity contribution in [3.63, 3.8) is 0 Å². The molecule has 0 radical (unpaired) electrons. The van der Waals surface area contributed by atoms with Crippen LogP contribution in [0.1, 0.15) is 0 Å². The number of amides is 3. The highest BCUT2D eigenvalue weighted by Crippen LogP contribution is 2.02. The van der Waals surface area contributed by atoms with Crippen molar-refractivity contribution in [2.24, 2.45) is 0 Å². The second-order valence-electron chi connectivity index (χ2n) is 3.41. The van der Waals surface area contributed by atoms with E-state index >= 15 is 0 Å². The SMILES string of the molecule is CN(C)C(=O)N1CCN(C)C(=O)C1. The molecular weight excluding hydrogens is 170 g/mol. The number of nitrogens with zero attached hydrogens (tertiary/aromatic N) is 3. The third-order valence-electron chi connectivity index (χ3n) is 2.11. The van der Waals surface area contributed by atoms with Crippen molar-refractivity contribution in [2.45, 2.75) is 0 Å². The van der Waals surface area contributed by atoms with Crippen molar-refractivity contribution in [3.05, 3.63) is 0 Å². The Labute approximate surface area is 77.9 Å². The van der Waals surface area contributed by atoms with E-state index in [1.54, 1.807) is 30.9 Å². The molecule has 0 bridgehead atoms. The fourth-order valence-corrected chi connectivity index (χ4v) is 1.20. The molecule has 0 aromatic rings. The number of likely N-dealkylation sites (N-methyl/N-ethyl adjacent to an activating group) is 1. The number of hydrogen-bond acceptors (Lipinski definition) is 2. The molecule has 3 amide bonds. The van der Waals surface area contributed by atoms with Gasteiger partial charge in [-0.2, -0.15) is 0 Å². The van der Waals surface area contributed by atoms with E-state index in [2.05, 4.69) is 0 Å². The van der Waals surface area contributed by atoms with Crippen LogP contribution in [0.15, 0.2) is 0 Å². The number of hydrogen-bond donors (Lipinski definition) is 0. The van der Waals surface area contributed by atoms with E-state index in [9.17, 15) is 9.59 Å². The summed E-state index contributed by atoms with van der Waals surface area (Å²) in [5.41, 5.74) is 0. The van der Waals surface area contributed by atoms with Gasteiger partial charge in [-0.1, -0.05) is 0 Å². The summed E-state index contributed by atoms with van der Waals surface area (Å²) in [6, 6.07) is -0.0959. The molecule has 0 unspecified atom stereocenters. The van der Waals surface area contributed by atoms with Crippen LogP contribution in [0.4, 0.5) is 4.79 Å². The molecule has 0 aromatic carbocycles. The summed E-state index contributed by atoms with van der Waals surface area (Å²) in [7, 11) is 5.12. The third kappa shape index (κ3) is 2.11. The molecule has 0 aliphatic carbocycles. The van der Waals surface area contributed by atoms with Crippen molar-refractivity contribution in [1.29, 1.82) is 0 Å². The minimum absolute atomic E-state index is 0.00134. The van der Waals surface area contributed by atoms with Crippen LogP contribution in [0.2, 0.25) is 0 Å². The van der Waals surface area contributed by atoms with Crippen molar-refractivity contribution in [3.8, 4) is 0 Å². The average Bonchev–Trinajstić information content (AvgIpc) is 2.08. The Morgan fingerprint density at radius 2 is 2.00 bits per heavy atom. The van der Waals surface area contributed by atoms with Gasteiger partial charge in [-0.15, -0.1) is 0 Å². The van der Waals surface area contributed by atoms with Gasteiger partial charge in [0.25, 0.3) is 0 Å². The summed E-state index contributed by atoms with van der Waals surface area (Å²) < 4.78 is 0. The first-order valence-electron chi connectivity index (χ1n) is 4.22. The molecule has 1 rings (SSSR count). The number of urea groups is 1. The standard InChI is InChI=1S/C8H15N3O2/c1-9(2)8(13)11-5-4-10(3)7(12)6-11/h4-6H2,1-3H3. The van der Waals surface area contributed by atoms with E-state index < -0.39 is 0 Å². The molecule has 1 aliphatic rings. The lowest BCUT2D eigenvalue weighted by Crippen LogP contribution is -2.53. The molecule has 0 N–H and O–H groups in total. The first kappa shape index (κ1) is 9.83. The quantitative estimate of drug-likeness (QED) is 0.508. The van der Waals surface area contributed by atoms with Gasteiger partial charge in [-0.05, 0) is 0 Å². The van der Waals surface area contributed by atoms with Gasteiger partial charge in [0, 0.05) is 34.2 Å². The fraction of sp³-hybridized carbons (Fsp3) is 0.750. The van der Waals surface area contributed by atoms with Crippen LogP contribution in [0.5, 0.6) is 0 Å². The zero-order valence-electron chi connectivity index (χ0n) is 8.28. The minimum Gasteiger partial charge on any atom is -0.342 e. The highest BCUT2D eigenvalue weighted by molar-refractivity contribution is 5.84. The van der Waals surface area contributed by atoms with Gasteiger partial charge in [0.05, 0.1) is 0 Å².